The van der Waals surface area contributed by atoms with Gasteiger partial charge in [0.15, 0.2) is 0 Å². The van der Waals surface area contributed by atoms with Crippen molar-refractivity contribution < 1.29 is 19.4 Å². The molecule has 0 unspecified atom stereocenters. The van der Waals surface area contributed by atoms with Crippen LogP contribution in [0.2, 0.25) is 0 Å². The van der Waals surface area contributed by atoms with Gasteiger partial charge in [0.1, 0.15) is 5.75 Å². The Bertz CT molecular complexity index is 604. The molecule has 0 aliphatic carbocycles. The van der Waals surface area contributed by atoms with E-state index in [1.165, 1.54) is 0 Å². The quantitative estimate of drug-likeness (QED) is 0.858. The van der Waals surface area contributed by atoms with Crippen LogP contribution in [0.5, 0.6) is 5.75 Å². The van der Waals surface area contributed by atoms with Gasteiger partial charge in [-0.3, -0.25) is 0 Å². The van der Waals surface area contributed by atoms with Gasteiger partial charge in [-0.15, -0.1) is 0 Å². The summed E-state index contributed by atoms with van der Waals surface area (Å²) in [5.74, 6) is 0.227. The Labute approximate surface area is 111 Å². The van der Waals surface area contributed by atoms with E-state index in [4.69, 9.17) is 14.6 Å². The number of ether oxygens (including phenoxy) is 2. The second kappa shape index (κ2) is 5.71. The molecule has 4 nitrogen and oxygen atoms in total. The molecule has 1 N–H and O–H groups in total. The van der Waals surface area contributed by atoms with E-state index in [-0.39, 0.29) is 12.6 Å². The molecule has 4 heteroatoms. The summed E-state index contributed by atoms with van der Waals surface area (Å²) in [7, 11) is 1.55. The number of fused-ring (bicyclic) bond motifs is 1. The third-order valence-electron chi connectivity index (χ3n) is 2.89. The normalized spacial score (nSPS) is 10.5. The lowest BCUT2D eigenvalue weighted by Gasteiger charge is -2.10. The van der Waals surface area contributed by atoms with Gasteiger partial charge in [-0.1, -0.05) is 12.1 Å². The van der Waals surface area contributed by atoms with E-state index < -0.39 is 0 Å². The number of carbonyl (C=O) groups is 1. The highest BCUT2D eigenvalue weighted by molar-refractivity contribution is 5.98. The average Bonchev–Trinajstić information content (AvgIpc) is 2.45. The second-order valence-corrected chi connectivity index (χ2v) is 4.11. The third kappa shape index (κ3) is 2.69. The molecule has 19 heavy (non-hydrogen) atoms. The molecule has 0 spiro atoms. The van der Waals surface area contributed by atoms with E-state index in [1.54, 1.807) is 26.2 Å². The molecule has 100 valence electrons. The molecule has 2 rings (SSSR count). The fraction of sp³-hybridized carbons (Fsp3) is 0.267. The smallest absolute Gasteiger partial charge is 0.338 e. The maximum Gasteiger partial charge on any atom is 0.338 e. The first kappa shape index (κ1) is 13.4. The number of methoxy groups -OCH3 is 1. The maximum absolute atomic E-state index is 11.8. The summed E-state index contributed by atoms with van der Waals surface area (Å²) < 4.78 is 10.3. The highest BCUT2D eigenvalue weighted by Gasteiger charge is 2.12. The molecule has 0 heterocycles. The molecule has 0 saturated heterocycles. The van der Waals surface area contributed by atoms with Crippen molar-refractivity contribution in [1.82, 2.24) is 0 Å². The van der Waals surface area contributed by atoms with E-state index >= 15 is 0 Å². The van der Waals surface area contributed by atoms with Gasteiger partial charge >= 0.3 is 5.97 Å². The van der Waals surface area contributed by atoms with E-state index in [1.807, 2.05) is 18.2 Å². The van der Waals surface area contributed by atoms with Crippen molar-refractivity contribution in [2.75, 3.05) is 13.7 Å². The average molecular weight is 260 g/mol. The van der Waals surface area contributed by atoms with Crippen molar-refractivity contribution in [1.29, 1.82) is 0 Å². The second-order valence-electron chi connectivity index (χ2n) is 4.11. The van der Waals surface area contributed by atoms with E-state index in [0.29, 0.717) is 17.9 Å². The Morgan fingerprint density at radius 2 is 2.05 bits per heavy atom. The molecular weight excluding hydrogens is 244 g/mol. The molecule has 0 radical (unpaired) electrons. The molecule has 0 aliphatic heterocycles. The molecular formula is C15H16O4. The van der Waals surface area contributed by atoms with Crippen molar-refractivity contribution in [3.05, 3.63) is 41.5 Å². The first-order valence-electron chi connectivity index (χ1n) is 6.08. The number of hydrogen-bond acceptors (Lipinski definition) is 4. The zero-order valence-electron chi connectivity index (χ0n) is 11.0. The minimum Gasteiger partial charge on any atom is -0.496 e. The van der Waals surface area contributed by atoms with Crippen LogP contribution in [-0.4, -0.2) is 24.8 Å². The summed E-state index contributed by atoms with van der Waals surface area (Å²) in [6.07, 6.45) is 0. The highest BCUT2D eigenvalue weighted by Crippen LogP contribution is 2.29. The zero-order chi connectivity index (χ0) is 13.8. The summed E-state index contributed by atoms with van der Waals surface area (Å²) >= 11 is 0. The summed E-state index contributed by atoms with van der Waals surface area (Å²) in [4.78, 5) is 11.8. The molecule has 0 amide bonds. The van der Waals surface area contributed by atoms with Crippen LogP contribution in [0.1, 0.15) is 22.8 Å². The number of carbonyl (C=O) groups excluding carboxylic acids is 1. The lowest BCUT2D eigenvalue weighted by Crippen LogP contribution is -2.05. The number of benzene rings is 2. The van der Waals surface area contributed by atoms with Crippen LogP contribution in [-0.2, 0) is 11.3 Å². The summed E-state index contributed by atoms with van der Waals surface area (Å²) in [6, 6.07) is 8.93. The minimum atomic E-state index is -0.367. The highest BCUT2D eigenvalue weighted by atomic mass is 16.5. The molecule has 0 fully saturated rings. The van der Waals surface area contributed by atoms with Crippen LogP contribution < -0.4 is 4.74 Å². The van der Waals surface area contributed by atoms with Gasteiger partial charge in [-0.05, 0) is 36.1 Å². The lowest BCUT2D eigenvalue weighted by molar-refractivity contribution is 0.0526. The summed E-state index contributed by atoms with van der Waals surface area (Å²) in [5, 5.41) is 10.9. The predicted octanol–water partition coefficient (Wildman–Crippen LogP) is 2.52. The molecule has 0 atom stereocenters. The molecule has 2 aromatic rings. The van der Waals surface area contributed by atoms with Crippen molar-refractivity contribution >= 4 is 16.7 Å². The van der Waals surface area contributed by atoms with Crippen LogP contribution >= 0.6 is 0 Å². The Hall–Kier alpha value is -2.07. The number of aliphatic hydroxyl groups is 1. The summed E-state index contributed by atoms with van der Waals surface area (Å²) in [5.41, 5.74) is 1.26. The van der Waals surface area contributed by atoms with Gasteiger partial charge in [0, 0.05) is 5.39 Å². The van der Waals surface area contributed by atoms with Crippen LogP contribution in [0.15, 0.2) is 30.3 Å². The predicted molar refractivity (Wildman–Crippen MR) is 72.4 cm³/mol. The van der Waals surface area contributed by atoms with Crippen molar-refractivity contribution in [3.8, 4) is 5.75 Å². The first-order valence-corrected chi connectivity index (χ1v) is 6.08. The van der Waals surface area contributed by atoms with Crippen molar-refractivity contribution in [2.45, 2.75) is 13.5 Å². The van der Waals surface area contributed by atoms with Crippen LogP contribution in [0.4, 0.5) is 0 Å². The molecule has 0 bridgehead atoms. The third-order valence-corrected chi connectivity index (χ3v) is 2.89. The van der Waals surface area contributed by atoms with Gasteiger partial charge in [0.05, 0.1) is 25.9 Å². The Kier molecular flexibility index (Phi) is 4.02. The maximum atomic E-state index is 11.8. The van der Waals surface area contributed by atoms with Crippen LogP contribution in [0.3, 0.4) is 0 Å². The van der Waals surface area contributed by atoms with E-state index in [0.717, 1.165) is 16.3 Å². The molecule has 0 aliphatic rings. The number of rotatable bonds is 4. The van der Waals surface area contributed by atoms with Crippen molar-refractivity contribution in [2.24, 2.45) is 0 Å². The molecule has 0 saturated carbocycles. The fourth-order valence-corrected chi connectivity index (χ4v) is 1.97. The number of aliphatic hydroxyl groups excluding tert-OH is 1. The fourth-order valence-electron chi connectivity index (χ4n) is 1.97. The number of hydrogen-bond donors (Lipinski definition) is 1. The van der Waals surface area contributed by atoms with Gasteiger partial charge in [0.25, 0.3) is 0 Å². The van der Waals surface area contributed by atoms with Gasteiger partial charge < -0.3 is 14.6 Å². The van der Waals surface area contributed by atoms with Gasteiger partial charge in [-0.25, -0.2) is 4.79 Å². The molecule has 2 aromatic carbocycles. The zero-order valence-corrected chi connectivity index (χ0v) is 11.0. The monoisotopic (exact) mass is 260 g/mol. The summed E-state index contributed by atoms with van der Waals surface area (Å²) in [6.45, 7) is 2.07. The van der Waals surface area contributed by atoms with E-state index in [2.05, 4.69) is 0 Å². The Balaban J connectivity index is 2.57. The SMILES string of the molecule is CCOC(=O)c1cc(OC)c2cc(CO)ccc2c1. The van der Waals surface area contributed by atoms with Crippen LogP contribution in [0.25, 0.3) is 10.8 Å². The molecule has 0 aromatic heterocycles. The van der Waals surface area contributed by atoms with Crippen molar-refractivity contribution in [3.63, 3.8) is 0 Å². The minimum absolute atomic E-state index is 0.0290. The van der Waals surface area contributed by atoms with Gasteiger partial charge in [0.2, 0.25) is 0 Å². The van der Waals surface area contributed by atoms with Gasteiger partial charge in [-0.2, -0.15) is 0 Å². The lowest BCUT2D eigenvalue weighted by atomic mass is 10.0. The Morgan fingerprint density at radius 1 is 1.26 bits per heavy atom. The van der Waals surface area contributed by atoms with Crippen LogP contribution in [0, 0.1) is 0 Å². The Morgan fingerprint density at radius 3 is 2.68 bits per heavy atom. The first-order chi connectivity index (χ1) is 9.19. The largest absolute Gasteiger partial charge is 0.496 e. The topological polar surface area (TPSA) is 55.8 Å². The van der Waals surface area contributed by atoms with E-state index in [9.17, 15) is 4.79 Å². The number of esters is 1. The standard InChI is InChI=1S/C15H16O4/c1-3-19-15(17)12-7-11-5-4-10(9-16)6-13(11)14(8-12)18-2/h4-8,16H,3,9H2,1-2H3.